The number of rotatable bonds is 5. The molecule has 2 amide bonds. The molecule has 0 aliphatic carbocycles. The van der Waals surface area contributed by atoms with Gasteiger partial charge in [-0.1, -0.05) is 13.8 Å². The van der Waals surface area contributed by atoms with Gasteiger partial charge >= 0.3 is 0 Å². The third kappa shape index (κ3) is 4.66. The van der Waals surface area contributed by atoms with E-state index in [1.807, 2.05) is 27.7 Å². The quantitative estimate of drug-likeness (QED) is 0.766. The lowest BCUT2D eigenvalue weighted by Gasteiger charge is -2.24. The second-order valence-corrected chi connectivity index (χ2v) is 5.76. The number of nitrogens with one attached hydrogen (secondary N) is 2. The normalized spacial score (nSPS) is 11.3. The lowest BCUT2D eigenvalue weighted by atomic mass is 10.1. The average Bonchev–Trinajstić information content (AvgIpc) is 2.38. The molecule has 0 atom stereocenters. The van der Waals surface area contributed by atoms with Crippen molar-refractivity contribution in [2.24, 2.45) is 11.7 Å². The third-order valence-corrected chi connectivity index (χ3v) is 2.90. The lowest BCUT2D eigenvalue weighted by molar-refractivity contribution is -0.118. The summed E-state index contributed by atoms with van der Waals surface area (Å²) in [7, 11) is 0. The van der Waals surface area contributed by atoms with E-state index in [1.54, 1.807) is 24.3 Å². The van der Waals surface area contributed by atoms with Crippen LogP contribution in [0.3, 0.4) is 0 Å². The van der Waals surface area contributed by atoms with Crippen molar-refractivity contribution < 1.29 is 9.59 Å². The van der Waals surface area contributed by atoms with E-state index in [9.17, 15) is 9.59 Å². The SMILES string of the molecule is CC(C)C(=O)Nc1ccc(C(=O)NC(C)(C)CN)cc1. The van der Waals surface area contributed by atoms with Gasteiger partial charge in [0, 0.05) is 29.3 Å². The summed E-state index contributed by atoms with van der Waals surface area (Å²) in [5.74, 6) is -0.308. The first-order valence-electron chi connectivity index (χ1n) is 6.68. The number of hydrogen-bond donors (Lipinski definition) is 3. The highest BCUT2D eigenvalue weighted by Gasteiger charge is 2.19. The van der Waals surface area contributed by atoms with Gasteiger partial charge in [-0.25, -0.2) is 0 Å². The van der Waals surface area contributed by atoms with Gasteiger partial charge in [0.05, 0.1) is 0 Å². The third-order valence-electron chi connectivity index (χ3n) is 2.90. The van der Waals surface area contributed by atoms with Gasteiger partial charge in [-0.2, -0.15) is 0 Å². The van der Waals surface area contributed by atoms with Gasteiger partial charge in [0.25, 0.3) is 5.91 Å². The highest BCUT2D eigenvalue weighted by molar-refractivity contribution is 5.96. The van der Waals surface area contributed by atoms with E-state index in [0.29, 0.717) is 17.8 Å². The summed E-state index contributed by atoms with van der Waals surface area (Å²) in [5.41, 5.74) is 6.35. The van der Waals surface area contributed by atoms with E-state index in [-0.39, 0.29) is 17.7 Å². The summed E-state index contributed by atoms with van der Waals surface area (Å²) in [6, 6.07) is 6.78. The second-order valence-electron chi connectivity index (χ2n) is 5.76. The topological polar surface area (TPSA) is 84.2 Å². The summed E-state index contributed by atoms with van der Waals surface area (Å²) in [6.07, 6.45) is 0. The minimum atomic E-state index is -0.443. The van der Waals surface area contributed by atoms with Crippen molar-refractivity contribution in [3.8, 4) is 0 Å². The fraction of sp³-hybridized carbons (Fsp3) is 0.467. The van der Waals surface area contributed by atoms with Crippen molar-refractivity contribution in [1.29, 1.82) is 0 Å². The van der Waals surface area contributed by atoms with Crippen LogP contribution in [0.4, 0.5) is 5.69 Å². The Hall–Kier alpha value is -1.88. The molecule has 1 aromatic rings. The molecular formula is C15H23N3O2. The number of hydrogen-bond acceptors (Lipinski definition) is 3. The number of benzene rings is 1. The molecule has 0 saturated carbocycles. The van der Waals surface area contributed by atoms with Gasteiger partial charge in [-0.05, 0) is 38.1 Å². The number of carbonyl (C=O) groups is 2. The van der Waals surface area contributed by atoms with Crippen molar-refractivity contribution in [3.63, 3.8) is 0 Å². The van der Waals surface area contributed by atoms with Gasteiger partial charge in [0.15, 0.2) is 0 Å². The molecule has 4 N–H and O–H groups in total. The summed E-state index contributed by atoms with van der Waals surface area (Å²) in [5, 5.41) is 5.63. The van der Waals surface area contributed by atoms with Crippen molar-refractivity contribution in [2.75, 3.05) is 11.9 Å². The first kappa shape index (κ1) is 16.2. The Morgan fingerprint density at radius 3 is 2.20 bits per heavy atom. The lowest BCUT2D eigenvalue weighted by Crippen LogP contribution is -2.48. The van der Waals surface area contributed by atoms with Crippen LogP contribution in [0.1, 0.15) is 38.1 Å². The highest BCUT2D eigenvalue weighted by atomic mass is 16.2. The number of anilines is 1. The largest absolute Gasteiger partial charge is 0.346 e. The molecule has 0 spiro atoms. The van der Waals surface area contributed by atoms with E-state index in [4.69, 9.17) is 5.73 Å². The van der Waals surface area contributed by atoms with E-state index in [1.165, 1.54) is 0 Å². The predicted molar refractivity (Wildman–Crippen MR) is 80.5 cm³/mol. The number of amides is 2. The summed E-state index contributed by atoms with van der Waals surface area (Å²) in [4.78, 5) is 23.6. The molecule has 0 radical (unpaired) electrons. The molecule has 0 bridgehead atoms. The summed E-state index contributed by atoms with van der Waals surface area (Å²) in [6.45, 7) is 7.74. The number of carbonyl (C=O) groups excluding carboxylic acids is 2. The van der Waals surface area contributed by atoms with Crippen molar-refractivity contribution in [1.82, 2.24) is 5.32 Å². The maximum atomic E-state index is 12.0. The minimum absolute atomic E-state index is 0.0496. The van der Waals surface area contributed by atoms with Gasteiger partial charge in [0.2, 0.25) is 5.91 Å². The first-order chi connectivity index (χ1) is 9.25. The fourth-order valence-corrected chi connectivity index (χ4v) is 1.42. The second kappa shape index (κ2) is 6.52. The van der Waals surface area contributed by atoms with Gasteiger partial charge in [-0.3, -0.25) is 9.59 Å². The van der Waals surface area contributed by atoms with E-state index in [0.717, 1.165) is 0 Å². The average molecular weight is 277 g/mol. The summed E-state index contributed by atoms with van der Waals surface area (Å²) < 4.78 is 0. The van der Waals surface area contributed by atoms with Crippen molar-refractivity contribution in [2.45, 2.75) is 33.2 Å². The molecule has 0 heterocycles. The standard InChI is InChI=1S/C15H23N3O2/c1-10(2)13(19)17-12-7-5-11(6-8-12)14(20)18-15(3,4)9-16/h5-8,10H,9,16H2,1-4H3,(H,17,19)(H,18,20). The zero-order valence-corrected chi connectivity index (χ0v) is 12.5. The Morgan fingerprint density at radius 1 is 1.20 bits per heavy atom. The maximum absolute atomic E-state index is 12.0. The Morgan fingerprint density at radius 2 is 1.75 bits per heavy atom. The molecule has 5 heteroatoms. The monoisotopic (exact) mass is 277 g/mol. The van der Waals surface area contributed by atoms with Crippen molar-refractivity contribution in [3.05, 3.63) is 29.8 Å². The Labute approximate surface area is 119 Å². The Balaban J connectivity index is 2.71. The molecule has 1 rings (SSSR count). The Kier molecular flexibility index (Phi) is 5.27. The van der Waals surface area contributed by atoms with Crippen LogP contribution in [0.2, 0.25) is 0 Å². The van der Waals surface area contributed by atoms with Crippen LogP contribution in [0, 0.1) is 5.92 Å². The van der Waals surface area contributed by atoms with E-state index < -0.39 is 5.54 Å². The molecule has 0 unspecified atom stereocenters. The molecule has 1 aromatic carbocycles. The van der Waals surface area contributed by atoms with Crippen LogP contribution < -0.4 is 16.4 Å². The Bertz CT molecular complexity index is 478. The van der Waals surface area contributed by atoms with Gasteiger partial charge in [0.1, 0.15) is 0 Å². The minimum Gasteiger partial charge on any atom is -0.346 e. The van der Waals surface area contributed by atoms with Crippen LogP contribution >= 0.6 is 0 Å². The van der Waals surface area contributed by atoms with Crippen LogP contribution in [0.25, 0.3) is 0 Å². The van der Waals surface area contributed by atoms with Crippen LogP contribution in [-0.4, -0.2) is 23.9 Å². The number of nitrogens with two attached hydrogens (primary N) is 1. The molecule has 20 heavy (non-hydrogen) atoms. The molecule has 0 aromatic heterocycles. The van der Waals surface area contributed by atoms with Crippen LogP contribution in [-0.2, 0) is 4.79 Å². The van der Waals surface area contributed by atoms with Crippen LogP contribution in [0.5, 0.6) is 0 Å². The first-order valence-corrected chi connectivity index (χ1v) is 6.68. The van der Waals surface area contributed by atoms with Crippen molar-refractivity contribution >= 4 is 17.5 Å². The van der Waals surface area contributed by atoms with E-state index in [2.05, 4.69) is 10.6 Å². The molecule has 5 nitrogen and oxygen atoms in total. The van der Waals surface area contributed by atoms with Gasteiger partial charge < -0.3 is 16.4 Å². The zero-order valence-electron chi connectivity index (χ0n) is 12.5. The predicted octanol–water partition coefficient (Wildman–Crippen LogP) is 1.75. The van der Waals surface area contributed by atoms with E-state index >= 15 is 0 Å². The van der Waals surface area contributed by atoms with Crippen LogP contribution in [0.15, 0.2) is 24.3 Å². The van der Waals surface area contributed by atoms with Gasteiger partial charge in [-0.15, -0.1) is 0 Å². The fourth-order valence-electron chi connectivity index (χ4n) is 1.42. The summed E-state index contributed by atoms with van der Waals surface area (Å²) >= 11 is 0. The molecule has 0 fully saturated rings. The molecule has 0 aliphatic rings. The zero-order chi connectivity index (χ0) is 15.3. The molecule has 0 saturated heterocycles. The smallest absolute Gasteiger partial charge is 0.251 e. The molecular weight excluding hydrogens is 254 g/mol. The molecule has 0 aliphatic heterocycles. The maximum Gasteiger partial charge on any atom is 0.251 e. The molecule has 110 valence electrons. The highest BCUT2D eigenvalue weighted by Crippen LogP contribution is 2.12.